The van der Waals surface area contributed by atoms with Crippen LogP contribution in [0.1, 0.15) is 29.3 Å². The number of aromatic nitrogens is 2. The molecule has 0 saturated carbocycles. The fourth-order valence-electron chi connectivity index (χ4n) is 3.39. The van der Waals surface area contributed by atoms with Gasteiger partial charge in [-0.2, -0.15) is 0 Å². The van der Waals surface area contributed by atoms with E-state index in [1.807, 2.05) is 30.3 Å². The van der Waals surface area contributed by atoms with Crippen LogP contribution in [-0.2, 0) is 22.7 Å². The third-order valence-electron chi connectivity index (χ3n) is 4.84. The lowest BCUT2D eigenvalue weighted by molar-refractivity contribution is -0.139. The highest BCUT2D eigenvalue weighted by Gasteiger charge is 2.32. The first kappa shape index (κ1) is 18.0. The molecule has 1 aliphatic rings. The summed E-state index contributed by atoms with van der Waals surface area (Å²) in [7, 11) is 0. The molecular weight excluding hydrogens is 360 g/mol. The van der Waals surface area contributed by atoms with Gasteiger partial charge >= 0.3 is 0 Å². The molecule has 3 heterocycles. The number of carbonyl (C=O) groups excluding carboxylic acids is 2. The highest BCUT2D eigenvalue weighted by molar-refractivity contribution is 5.86. The van der Waals surface area contributed by atoms with Gasteiger partial charge in [0.2, 0.25) is 11.8 Å². The molecule has 0 radical (unpaired) electrons. The van der Waals surface area contributed by atoms with Crippen molar-refractivity contribution in [2.24, 2.45) is 0 Å². The van der Waals surface area contributed by atoms with E-state index in [0.29, 0.717) is 24.4 Å². The summed E-state index contributed by atoms with van der Waals surface area (Å²) in [6.07, 6.45) is 6.06. The number of nitrogens with zero attached hydrogens (tertiary/aromatic N) is 4. The van der Waals surface area contributed by atoms with E-state index in [-0.39, 0.29) is 37.4 Å². The van der Waals surface area contributed by atoms with E-state index in [0.717, 1.165) is 5.56 Å². The van der Waals surface area contributed by atoms with E-state index in [4.69, 9.17) is 8.83 Å². The Morgan fingerprint density at radius 3 is 2.29 bits per heavy atom. The zero-order valence-corrected chi connectivity index (χ0v) is 15.2. The van der Waals surface area contributed by atoms with Gasteiger partial charge in [0.05, 0.1) is 31.0 Å². The molecule has 1 aromatic carbocycles. The molecule has 0 aliphatic carbocycles. The van der Waals surface area contributed by atoms with Crippen LogP contribution in [0.3, 0.4) is 0 Å². The van der Waals surface area contributed by atoms with Crippen LogP contribution < -0.4 is 0 Å². The Morgan fingerprint density at radius 2 is 1.71 bits per heavy atom. The summed E-state index contributed by atoms with van der Waals surface area (Å²) in [6, 6.07) is 9.92. The molecule has 3 aromatic rings. The summed E-state index contributed by atoms with van der Waals surface area (Å²) in [6.45, 7) is 1.10. The summed E-state index contributed by atoms with van der Waals surface area (Å²) >= 11 is 0. The van der Waals surface area contributed by atoms with E-state index in [2.05, 4.69) is 9.97 Å². The van der Waals surface area contributed by atoms with Crippen molar-refractivity contribution in [1.29, 1.82) is 0 Å². The van der Waals surface area contributed by atoms with Gasteiger partial charge in [-0.3, -0.25) is 9.59 Å². The van der Waals surface area contributed by atoms with Gasteiger partial charge in [-0.25, -0.2) is 9.97 Å². The SMILES string of the molecule is O=C(CN1CC(c2ccccc2)CC1=O)N(Cc1cocn1)Cc1cocn1. The van der Waals surface area contributed by atoms with Gasteiger partial charge in [-0.05, 0) is 5.56 Å². The molecule has 1 fully saturated rings. The number of carbonyl (C=O) groups is 2. The largest absolute Gasteiger partial charge is 0.451 e. The summed E-state index contributed by atoms with van der Waals surface area (Å²) < 4.78 is 9.99. The molecule has 1 unspecified atom stereocenters. The third-order valence-corrected chi connectivity index (χ3v) is 4.84. The maximum Gasteiger partial charge on any atom is 0.242 e. The van der Waals surface area contributed by atoms with Crippen LogP contribution >= 0.6 is 0 Å². The number of rotatable bonds is 7. The van der Waals surface area contributed by atoms with Crippen LogP contribution in [0.5, 0.6) is 0 Å². The molecule has 0 spiro atoms. The molecular formula is C20H20N4O4. The Morgan fingerprint density at radius 1 is 1.07 bits per heavy atom. The van der Waals surface area contributed by atoms with Crippen LogP contribution in [0.15, 0.2) is 64.5 Å². The third kappa shape index (κ3) is 4.11. The van der Waals surface area contributed by atoms with E-state index in [9.17, 15) is 9.59 Å². The Kier molecular flexibility index (Phi) is 5.18. The first-order valence-corrected chi connectivity index (χ1v) is 9.03. The molecule has 1 atom stereocenters. The molecule has 1 aliphatic heterocycles. The van der Waals surface area contributed by atoms with Crippen molar-refractivity contribution < 1.29 is 18.4 Å². The number of oxazole rings is 2. The molecule has 4 rings (SSSR count). The second-order valence-electron chi connectivity index (χ2n) is 6.80. The average molecular weight is 380 g/mol. The van der Waals surface area contributed by atoms with Crippen molar-refractivity contribution in [3.63, 3.8) is 0 Å². The van der Waals surface area contributed by atoms with E-state index in [1.54, 1.807) is 9.80 Å². The molecule has 8 nitrogen and oxygen atoms in total. The Hall–Kier alpha value is -3.42. The van der Waals surface area contributed by atoms with Gasteiger partial charge in [-0.1, -0.05) is 30.3 Å². The van der Waals surface area contributed by atoms with Gasteiger partial charge < -0.3 is 18.6 Å². The number of hydrogen-bond donors (Lipinski definition) is 0. The molecule has 28 heavy (non-hydrogen) atoms. The lowest BCUT2D eigenvalue weighted by Gasteiger charge is -2.24. The Labute approximate surface area is 161 Å². The van der Waals surface area contributed by atoms with Crippen molar-refractivity contribution in [2.75, 3.05) is 13.1 Å². The molecule has 2 amide bonds. The van der Waals surface area contributed by atoms with Gasteiger partial charge in [0, 0.05) is 18.9 Å². The zero-order chi connectivity index (χ0) is 19.3. The van der Waals surface area contributed by atoms with Gasteiger partial charge in [0.15, 0.2) is 12.8 Å². The number of likely N-dealkylation sites (tertiary alicyclic amines) is 1. The minimum absolute atomic E-state index is 0.00924. The van der Waals surface area contributed by atoms with Crippen LogP contribution in [0.4, 0.5) is 0 Å². The van der Waals surface area contributed by atoms with Crippen molar-refractivity contribution >= 4 is 11.8 Å². The number of benzene rings is 1. The normalized spacial score (nSPS) is 16.5. The lowest BCUT2D eigenvalue weighted by atomic mass is 9.99. The van der Waals surface area contributed by atoms with Gasteiger partial charge in [-0.15, -0.1) is 0 Å². The van der Waals surface area contributed by atoms with Gasteiger partial charge in [0.25, 0.3) is 0 Å². The molecule has 1 saturated heterocycles. The maximum atomic E-state index is 13.0. The fraction of sp³-hybridized carbons (Fsp3) is 0.300. The average Bonchev–Trinajstić information content (AvgIpc) is 3.46. The van der Waals surface area contributed by atoms with E-state index < -0.39 is 0 Å². The lowest BCUT2D eigenvalue weighted by Crippen LogP contribution is -2.40. The molecule has 0 N–H and O–H groups in total. The molecule has 8 heteroatoms. The standard InChI is InChI=1S/C20H20N4O4/c25-19-6-16(15-4-2-1-3-5-15)7-23(19)10-20(26)24(8-17-11-27-13-21-17)9-18-12-28-14-22-18/h1-5,11-14,16H,6-10H2. The first-order chi connectivity index (χ1) is 13.7. The fourth-order valence-corrected chi connectivity index (χ4v) is 3.39. The van der Waals surface area contributed by atoms with Crippen molar-refractivity contribution in [3.8, 4) is 0 Å². The van der Waals surface area contributed by atoms with Crippen molar-refractivity contribution in [2.45, 2.75) is 25.4 Å². The zero-order valence-electron chi connectivity index (χ0n) is 15.2. The Bertz CT molecular complexity index is 873. The summed E-state index contributed by atoms with van der Waals surface area (Å²) in [5, 5.41) is 0. The van der Waals surface area contributed by atoms with E-state index >= 15 is 0 Å². The Balaban J connectivity index is 1.43. The van der Waals surface area contributed by atoms with Gasteiger partial charge in [0.1, 0.15) is 12.5 Å². The maximum absolute atomic E-state index is 13.0. The monoisotopic (exact) mass is 380 g/mol. The van der Waals surface area contributed by atoms with Crippen LogP contribution in [0.25, 0.3) is 0 Å². The highest BCUT2D eigenvalue weighted by Crippen LogP contribution is 2.28. The second kappa shape index (κ2) is 8.08. The predicted octanol–water partition coefficient (Wildman–Crippen LogP) is 2.21. The number of hydrogen-bond acceptors (Lipinski definition) is 6. The topological polar surface area (TPSA) is 92.7 Å². The van der Waals surface area contributed by atoms with Crippen LogP contribution in [0.2, 0.25) is 0 Å². The van der Waals surface area contributed by atoms with Crippen LogP contribution in [0, 0.1) is 0 Å². The number of amides is 2. The summed E-state index contributed by atoms with van der Waals surface area (Å²) in [4.78, 5) is 36.8. The molecule has 0 bridgehead atoms. The van der Waals surface area contributed by atoms with Crippen molar-refractivity contribution in [1.82, 2.24) is 19.8 Å². The van der Waals surface area contributed by atoms with Crippen LogP contribution in [-0.4, -0.2) is 44.7 Å². The van der Waals surface area contributed by atoms with E-state index in [1.165, 1.54) is 25.3 Å². The minimum Gasteiger partial charge on any atom is -0.451 e. The summed E-state index contributed by atoms with van der Waals surface area (Å²) in [5.74, 6) is -0.0703. The first-order valence-electron chi connectivity index (χ1n) is 9.03. The second-order valence-corrected chi connectivity index (χ2v) is 6.80. The predicted molar refractivity (Wildman–Crippen MR) is 97.6 cm³/mol. The summed E-state index contributed by atoms with van der Waals surface area (Å²) in [5.41, 5.74) is 2.38. The smallest absolute Gasteiger partial charge is 0.242 e. The molecule has 2 aromatic heterocycles. The minimum atomic E-state index is -0.173. The highest BCUT2D eigenvalue weighted by atomic mass is 16.3. The molecule has 144 valence electrons. The quantitative estimate of drug-likeness (QED) is 0.624. The van der Waals surface area contributed by atoms with Crippen molar-refractivity contribution in [3.05, 3.63) is 72.6 Å².